The average Bonchev–Trinajstić information content (AvgIpc) is 2.84. The van der Waals surface area contributed by atoms with Gasteiger partial charge in [-0.15, -0.1) is 0 Å². The Labute approximate surface area is 211 Å². The predicted octanol–water partition coefficient (Wildman–Crippen LogP) is 4.73. The van der Waals surface area contributed by atoms with E-state index in [4.69, 9.17) is 4.74 Å². The summed E-state index contributed by atoms with van der Waals surface area (Å²) in [6.07, 6.45) is 3.15. The number of hydrogen-bond donors (Lipinski definition) is 1. The molecule has 1 saturated heterocycles. The second-order valence-corrected chi connectivity index (χ2v) is 11.2. The maximum atomic E-state index is 13.5. The molecule has 8 nitrogen and oxygen atoms in total. The lowest BCUT2D eigenvalue weighted by Crippen LogP contribution is -2.50. The molecule has 188 valence electrons. The highest BCUT2D eigenvalue weighted by molar-refractivity contribution is 7.92. The maximum absolute atomic E-state index is 13.5. The van der Waals surface area contributed by atoms with E-state index in [9.17, 15) is 13.2 Å². The Hall–Kier alpha value is -3.46. The Balaban J connectivity index is 1.66. The predicted molar refractivity (Wildman–Crippen MR) is 138 cm³/mol. The Kier molecular flexibility index (Phi) is 6.42. The average molecular weight is 507 g/mol. The van der Waals surface area contributed by atoms with E-state index in [-0.39, 0.29) is 34.8 Å². The Morgan fingerprint density at radius 3 is 2.56 bits per heavy atom. The van der Waals surface area contributed by atoms with Crippen LogP contribution in [0.2, 0.25) is 0 Å². The number of rotatable bonds is 3. The van der Waals surface area contributed by atoms with Gasteiger partial charge < -0.3 is 9.64 Å². The highest BCUT2D eigenvalue weighted by Gasteiger charge is 2.34. The van der Waals surface area contributed by atoms with Crippen molar-refractivity contribution in [1.82, 2.24) is 14.9 Å². The molecule has 9 heteroatoms. The molecule has 3 aromatic rings. The van der Waals surface area contributed by atoms with Crippen molar-refractivity contribution in [3.8, 4) is 17.1 Å². The first-order valence-electron chi connectivity index (χ1n) is 12.3. The van der Waals surface area contributed by atoms with Crippen LogP contribution in [-0.4, -0.2) is 47.9 Å². The van der Waals surface area contributed by atoms with Gasteiger partial charge in [-0.2, -0.15) is 4.98 Å². The largest absolute Gasteiger partial charge is 0.472 e. The molecule has 3 heterocycles. The fourth-order valence-corrected chi connectivity index (χ4v) is 6.15. The van der Waals surface area contributed by atoms with E-state index >= 15 is 0 Å². The number of aromatic nitrogens is 2. The number of hydrogen-bond acceptors (Lipinski definition) is 6. The first-order chi connectivity index (χ1) is 17.2. The number of sulfonamides is 1. The number of aryl methyl sites for hydroxylation is 2. The van der Waals surface area contributed by atoms with Crippen LogP contribution in [0, 0.1) is 13.8 Å². The minimum Gasteiger partial charge on any atom is -0.472 e. The minimum atomic E-state index is -4.05. The van der Waals surface area contributed by atoms with Gasteiger partial charge in [-0.1, -0.05) is 37.6 Å². The molecule has 2 atom stereocenters. The smallest absolute Gasteiger partial charge is 0.264 e. The van der Waals surface area contributed by atoms with Crippen LogP contribution < -0.4 is 9.46 Å². The summed E-state index contributed by atoms with van der Waals surface area (Å²) >= 11 is 0. The molecule has 1 aromatic heterocycles. The molecule has 0 radical (unpaired) electrons. The van der Waals surface area contributed by atoms with Crippen LogP contribution in [0.5, 0.6) is 5.88 Å². The van der Waals surface area contributed by atoms with Crippen LogP contribution in [0.3, 0.4) is 0 Å². The Morgan fingerprint density at radius 1 is 1.06 bits per heavy atom. The number of ether oxygens (including phenoxy) is 1. The van der Waals surface area contributed by atoms with Gasteiger partial charge in [0.2, 0.25) is 11.8 Å². The SMILES string of the molecule is CCCC1CC[C@H]2CN1C(=O)c1cccc(c1)S(=O)(=O)Nc1nc(cc(-c3c(C)cccc3C)n1)O2. The van der Waals surface area contributed by atoms with Gasteiger partial charge in [-0.25, -0.2) is 18.1 Å². The highest BCUT2D eigenvalue weighted by atomic mass is 32.2. The minimum absolute atomic E-state index is 0.0169. The third-order valence-corrected chi connectivity index (χ3v) is 8.22. The summed E-state index contributed by atoms with van der Waals surface area (Å²) < 4.78 is 35.4. The lowest BCUT2D eigenvalue weighted by atomic mass is 9.95. The lowest BCUT2D eigenvalue weighted by Gasteiger charge is -2.39. The maximum Gasteiger partial charge on any atom is 0.264 e. The molecular weight excluding hydrogens is 476 g/mol. The van der Waals surface area contributed by atoms with Crippen LogP contribution in [0.4, 0.5) is 5.95 Å². The van der Waals surface area contributed by atoms with Gasteiger partial charge in [-0.3, -0.25) is 4.79 Å². The van der Waals surface area contributed by atoms with Crippen molar-refractivity contribution >= 4 is 21.9 Å². The van der Waals surface area contributed by atoms with Crippen molar-refractivity contribution in [3.63, 3.8) is 0 Å². The summed E-state index contributed by atoms with van der Waals surface area (Å²) in [5, 5.41) is 0. The van der Waals surface area contributed by atoms with E-state index in [0.29, 0.717) is 17.8 Å². The van der Waals surface area contributed by atoms with Crippen molar-refractivity contribution in [2.75, 3.05) is 11.3 Å². The zero-order chi connectivity index (χ0) is 25.4. The molecule has 2 aliphatic heterocycles. The van der Waals surface area contributed by atoms with Crippen LogP contribution in [0.1, 0.15) is 54.1 Å². The van der Waals surface area contributed by atoms with Gasteiger partial charge in [0.15, 0.2) is 0 Å². The number of carbonyl (C=O) groups excluding carboxylic acids is 1. The first kappa shape index (κ1) is 24.2. The molecular formula is C27H30N4O4S. The third kappa shape index (κ3) is 4.67. The zero-order valence-electron chi connectivity index (χ0n) is 20.7. The summed E-state index contributed by atoms with van der Waals surface area (Å²) in [7, 11) is -4.05. The third-order valence-electron chi connectivity index (χ3n) is 6.89. The van der Waals surface area contributed by atoms with Crippen LogP contribution in [-0.2, 0) is 10.0 Å². The fraction of sp³-hybridized carbons (Fsp3) is 0.370. The molecule has 1 fully saturated rings. The van der Waals surface area contributed by atoms with Gasteiger partial charge in [0.25, 0.3) is 15.9 Å². The lowest BCUT2D eigenvalue weighted by molar-refractivity contribution is 0.0319. The summed E-state index contributed by atoms with van der Waals surface area (Å²) in [5.74, 6) is 0.0161. The fourth-order valence-electron chi connectivity index (χ4n) is 5.16. The van der Waals surface area contributed by atoms with Crippen LogP contribution in [0.15, 0.2) is 53.4 Å². The number of nitrogens with one attached hydrogen (secondary N) is 1. The van der Waals surface area contributed by atoms with E-state index in [1.807, 2.05) is 36.9 Å². The van der Waals surface area contributed by atoms with Crippen molar-refractivity contribution < 1.29 is 17.9 Å². The van der Waals surface area contributed by atoms with Crippen molar-refractivity contribution in [3.05, 3.63) is 65.2 Å². The quantitative estimate of drug-likeness (QED) is 0.551. The topological polar surface area (TPSA) is 101 Å². The summed E-state index contributed by atoms with van der Waals surface area (Å²) in [6, 6.07) is 13.9. The normalized spacial score (nSPS) is 20.9. The Bertz CT molecular complexity index is 1400. The van der Waals surface area contributed by atoms with Gasteiger partial charge in [0.1, 0.15) is 6.10 Å². The summed E-state index contributed by atoms with van der Waals surface area (Å²) in [4.78, 5) is 24.3. The zero-order valence-corrected chi connectivity index (χ0v) is 21.5. The molecule has 5 rings (SSSR count). The summed E-state index contributed by atoms with van der Waals surface area (Å²) in [6.45, 7) is 6.48. The van der Waals surface area contributed by atoms with Crippen LogP contribution in [0.25, 0.3) is 11.3 Å². The number of amides is 1. The second kappa shape index (κ2) is 9.54. The molecule has 2 aromatic carbocycles. The molecule has 0 saturated carbocycles. The van der Waals surface area contributed by atoms with Crippen molar-refractivity contribution in [1.29, 1.82) is 0 Å². The van der Waals surface area contributed by atoms with Crippen LogP contribution >= 0.6 is 0 Å². The van der Waals surface area contributed by atoms with Gasteiger partial charge in [0.05, 0.1) is 17.1 Å². The molecule has 6 bridgehead atoms. The number of anilines is 1. The molecule has 0 spiro atoms. The Morgan fingerprint density at radius 2 is 1.81 bits per heavy atom. The van der Waals surface area contributed by atoms with Gasteiger partial charge in [0, 0.05) is 23.2 Å². The second-order valence-electron chi connectivity index (χ2n) is 9.53. The molecule has 0 aliphatic carbocycles. The number of piperidine rings is 1. The van der Waals surface area contributed by atoms with Gasteiger partial charge >= 0.3 is 0 Å². The van der Waals surface area contributed by atoms with E-state index in [1.165, 1.54) is 12.1 Å². The monoisotopic (exact) mass is 506 g/mol. The molecule has 1 amide bonds. The van der Waals surface area contributed by atoms with Gasteiger partial charge in [-0.05, 0) is 62.4 Å². The molecule has 36 heavy (non-hydrogen) atoms. The first-order valence-corrected chi connectivity index (χ1v) is 13.8. The van der Waals surface area contributed by atoms with Crippen molar-refractivity contribution in [2.45, 2.75) is 63.5 Å². The molecule has 1 unspecified atom stereocenters. The number of carbonyl (C=O) groups is 1. The summed E-state index contributed by atoms with van der Waals surface area (Å²) in [5.41, 5.74) is 3.83. The molecule has 1 N–H and O–H groups in total. The van der Waals surface area contributed by atoms with Crippen molar-refractivity contribution in [2.24, 2.45) is 0 Å². The number of nitrogens with zero attached hydrogens (tertiary/aromatic N) is 3. The highest BCUT2D eigenvalue weighted by Crippen LogP contribution is 2.32. The molecule has 2 aliphatic rings. The standard InChI is InChI=1S/C27H30N4O4S/c1-4-7-20-12-13-21-16-31(20)26(32)19-10-6-11-22(14-19)36(33,34)30-27-28-23(15-24(29-27)35-21)25-17(2)8-5-9-18(25)3/h5-6,8-11,14-15,20-21H,4,7,12-13,16H2,1-3H3,(H,28,29,30)/t20?,21-/m0/s1. The number of fused-ring (bicyclic) bond motifs is 6. The van der Waals surface area contributed by atoms with E-state index in [2.05, 4.69) is 21.6 Å². The van der Waals surface area contributed by atoms with E-state index in [1.54, 1.807) is 18.2 Å². The van der Waals surface area contributed by atoms with E-state index < -0.39 is 10.0 Å². The van der Waals surface area contributed by atoms with E-state index in [0.717, 1.165) is 42.4 Å². The number of benzene rings is 2.